The maximum atomic E-state index is 4.41. The number of nitrogens with zero attached hydrogens (tertiary/aromatic N) is 4. The molecule has 0 unspecified atom stereocenters. The quantitative estimate of drug-likeness (QED) is 0.594. The first-order valence-electron chi connectivity index (χ1n) is 9.42. The number of hydrogen-bond acceptors (Lipinski definition) is 3. The Morgan fingerprint density at radius 1 is 0.692 bits per heavy atom. The number of para-hydroxylation sites is 1. The summed E-state index contributed by atoms with van der Waals surface area (Å²) in [6.45, 7) is 13.3. The second kappa shape index (κ2) is 7.40. The fraction of sp³-hybridized carbons (Fsp3) is 0.409. The van der Waals surface area contributed by atoms with Gasteiger partial charge < -0.3 is 0 Å². The molecular weight excluding hydrogens is 320 g/mol. The molecule has 0 atom stereocenters. The summed E-state index contributed by atoms with van der Waals surface area (Å²) in [6, 6.07) is 14.9. The predicted molar refractivity (Wildman–Crippen MR) is 107 cm³/mol. The van der Waals surface area contributed by atoms with E-state index in [0.29, 0.717) is 17.8 Å². The molecule has 0 aliphatic heterocycles. The Morgan fingerprint density at radius 3 is 1.81 bits per heavy atom. The van der Waals surface area contributed by atoms with Gasteiger partial charge in [-0.05, 0) is 44.9 Å². The molecule has 4 nitrogen and oxygen atoms in total. The van der Waals surface area contributed by atoms with Crippen LogP contribution in [0.1, 0.15) is 76.0 Å². The average molecular weight is 348 g/mol. The third kappa shape index (κ3) is 3.28. The van der Waals surface area contributed by atoms with Crippen LogP contribution in [0.5, 0.6) is 0 Å². The minimum Gasteiger partial charge on any atom is -0.192 e. The van der Waals surface area contributed by atoms with Crippen LogP contribution >= 0.6 is 0 Å². The molecule has 0 saturated carbocycles. The highest BCUT2D eigenvalue weighted by Gasteiger charge is 2.22. The molecule has 26 heavy (non-hydrogen) atoms. The minimum atomic E-state index is 0.390. The van der Waals surface area contributed by atoms with Crippen molar-refractivity contribution >= 4 is 0 Å². The van der Waals surface area contributed by atoms with Gasteiger partial charge in [0, 0.05) is 5.56 Å². The Balaban J connectivity index is 2.29. The number of rotatable bonds is 5. The molecule has 0 spiro atoms. The summed E-state index contributed by atoms with van der Waals surface area (Å²) in [5.41, 5.74) is 6.02. The smallest absolute Gasteiger partial charge is 0.187 e. The van der Waals surface area contributed by atoms with E-state index in [9.17, 15) is 0 Å². The SMILES string of the molecule is CC(C)c1ccccc1-c1nnnn1-c1c(C(C)C)cccc1C(C)C. The van der Waals surface area contributed by atoms with Crippen LogP contribution in [0.2, 0.25) is 0 Å². The van der Waals surface area contributed by atoms with E-state index >= 15 is 0 Å². The lowest BCUT2D eigenvalue weighted by Crippen LogP contribution is -2.10. The molecule has 4 heteroatoms. The Labute approximate surface area is 156 Å². The summed E-state index contributed by atoms with van der Waals surface area (Å²) in [7, 11) is 0. The van der Waals surface area contributed by atoms with Gasteiger partial charge in [0.2, 0.25) is 0 Å². The molecule has 0 fully saturated rings. The second-order valence-electron chi connectivity index (χ2n) is 7.75. The first kappa shape index (κ1) is 18.3. The first-order valence-corrected chi connectivity index (χ1v) is 9.42. The molecule has 2 aromatic carbocycles. The molecule has 1 aromatic heterocycles. The third-order valence-corrected chi connectivity index (χ3v) is 4.85. The van der Waals surface area contributed by atoms with E-state index in [1.54, 1.807) is 0 Å². The number of benzene rings is 2. The molecular formula is C22H28N4. The lowest BCUT2D eigenvalue weighted by Gasteiger charge is -2.20. The van der Waals surface area contributed by atoms with Crippen molar-refractivity contribution in [3.8, 4) is 17.1 Å². The maximum Gasteiger partial charge on any atom is 0.187 e. The highest BCUT2D eigenvalue weighted by molar-refractivity contribution is 5.64. The Morgan fingerprint density at radius 2 is 1.23 bits per heavy atom. The largest absolute Gasteiger partial charge is 0.192 e. The molecule has 0 saturated heterocycles. The van der Waals surface area contributed by atoms with Crippen molar-refractivity contribution in [2.24, 2.45) is 0 Å². The highest BCUT2D eigenvalue weighted by Crippen LogP contribution is 2.34. The van der Waals surface area contributed by atoms with Crippen molar-refractivity contribution in [3.05, 3.63) is 59.2 Å². The van der Waals surface area contributed by atoms with Crippen molar-refractivity contribution in [1.82, 2.24) is 20.2 Å². The van der Waals surface area contributed by atoms with Gasteiger partial charge >= 0.3 is 0 Å². The Hall–Kier alpha value is -2.49. The highest BCUT2D eigenvalue weighted by atomic mass is 15.5. The van der Waals surface area contributed by atoms with E-state index in [2.05, 4.69) is 99.5 Å². The van der Waals surface area contributed by atoms with Crippen LogP contribution in [0.15, 0.2) is 42.5 Å². The number of aromatic nitrogens is 4. The van der Waals surface area contributed by atoms with E-state index in [4.69, 9.17) is 0 Å². The summed E-state index contributed by atoms with van der Waals surface area (Å²) < 4.78 is 1.94. The maximum absolute atomic E-state index is 4.41. The molecule has 0 aliphatic carbocycles. The Kier molecular flexibility index (Phi) is 5.21. The molecule has 3 rings (SSSR count). The van der Waals surface area contributed by atoms with Gasteiger partial charge in [0.05, 0.1) is 5.69 Å². The summed E-state index contributed by atoms with van der Waals surface area (Å²) >= 11 is 0. The lowest BCUT2D eigenvalue weighted by atomic mass is 9.92. The van der Waals surface area contributed by atoms with Crippen LogP contribution < -0.4 is 0 Å². The van der Waals surface area contributed by atoms with Gasteiger partial charge in [-0.25, -0.2) is 0 Å². The molecule has 0 N–H and O–H groups in total. The normalized spacial score (nSPS) is 11.7. The van der Waals surface area contributed by atoms with E-state index in [1.807, 2.05) is 4.68 Å². The minimum absolute atomic E-state index is 0.390. The third-order valence-electron chi connectivity index (χ3n) is 4.85. The topological polar surface area (TPSA) is 43.6 Å². The fourth-order valence-corrected chi connectivity index (χ4v) is 3.47. The standard InChI is InChI=1S/C22H28N4/c1-14(2)17-10-7-8-11-20(17)22-23-24-25-26(22)21-18(15(3)4)12-9-13-19(21)16(5)6/h7-16H,1-6H3. The van der Waals surface area contributed by atoms with Crippen molar-refractivity contribution in [2.75, 3.05) is 0 Å². The fourth-order valence-electron chi connectivity index (χ4n) is 3.47. The summed E-state index contributed by atoms with van der Waals surface area (Å²) in [6.07, 6.45) is 0. The van der Waals surface area contributed by atoms with Gasteiger partial charge in [-0.2, -0.15) is 4.68 Å². The van der Waals surface area contributed by atoms with Gasteiger partial charge in [0.1, 0.15) is 0 Å². The molecule has 0 bridgehead atoms. The molecule has 136 valence electrons. The second-order valence-corrected chi connectivity index (χ2v) is 7.75. The van der Waals surface area contributed by atoms with E-state index in [0.717, 1.165) is 17.1 Å². The molecule has 0 amide bonds. The van der Waals surface area contributed by atoms with Gasteiger partial charge in [0.15, 0.2) is 5.82 Å². The number of tetrazole rings is 1. The van der Waals surface area contributed by atoms with Crippen LogP contribution in [0.3, 0.4) is 0 Å². The van der Waals surface area contributed by atoms with Crippen LogP contribution in [-0.4, -0.2) is 20.2 Å². The molecule has 0 aliphatic rings. The first-order chi connectivity index (χ1) is 12.4. The van der Waals surface area contributed by atoms with Crippen LogP contribution in [0.25, 0.3) is 17.1 Å². The van der Waals surface area contributed by atoms with Gasteiger partial charge in [-0.15, -0.1) is 5.10 Å². The van der Waals surface area contributed by atoms with Crippen LogP contribution in [-0.2, 0) is 0 Å². The molecule has 1 heterocycles. The van der Waals surface area contributed by atoms with Gasteiger partial charge in [-0.1, -0.05) is 84.0 Å². The van der Waals surface area contributed by atoms with E-state index in [-0.39, 0.29) is 0 Å². The monoisotopic (exact) mass is 348 g/mol. The van der Waals surface area contributed by atoms with Crippen LogP contribution in [0, 0.1) is 0 Å². The van der Waals surface area contributed by atoms with Gasteiger partial charge in [-0.3, -0.25) is 0 Å². The van der Waals surface area contributed by atoms with E-state index in [1.165, 1.54) is 16.7 Å². The van der Waals surface area contributed by atoms with Crippen molar-refractivity contribution in [3.63, 3.8) is 0 Å². The lowest BCUT2D eigenvalue weighted by molar-refractivity contribution is 0.740. The predicted octanol–water partition coefficient (Wildman–Crippen LogP) is 5.70. The van der Waals surface area contributed by atoms with Crippen molar-refractivity contribution in [2.45, 2.75) is 59.3 Å². The van der Waals surface area contributed by atoms with Gasteiger partial charge in [0.25, 0.3) is 0 Å². The molecule has 3 aromatic rings. The summed E-state index contributed by atoms with van der Waals surface area (Å²) in [4.78, 5) is 0. The van der Waals surface area contributed by atoms with Crippen molar-refractivity contribution < 1.29 is 0 Å². The van der Waals surface area contributed by atoms with E-state index < -0.39 is 0 Å². The summed E-state index contributed by atoms with van der Waals surface area (Å²) in [5.74, 6) is 1.99. The van der Waals surface area contributed by atoms with Crippen LogP contribution in [0.4, 0.5) is 0 Å². The number of hydrogen-bond donors (Lipinski definition) is 0. The zero-order chi connectivity index (χ0) is 18.8. The Bertz CT molecular complexity index is 864. The molecule has 0 radical (unpaired) electrons. The van der Waals surface area contributed by atoms with Crippen molar-refractivity contribution in [1.29, 1.82) is 0 Å². The zero-order valence-corrected chi connectivity index (χ0v) is 16.6. The zero-order valence-electron chi connectivity index (χ0n) is 16.6. The average Bonchev–Trinajstić information content (AvgIpc) is 3.10. The summed E-state index contributed by atoms with van der Waals surface area (Å²) in [5, 5.41) is 12.9.